The van der Waals surface area contributed by atoms with Crippen molar-refractivity contribution in [1.29, 1.82) is 0 Å². The lowest BCUT2D eigenvalue weighted by atomic mass is 10.1. The normalized spacial score (nSPS) is 14.4. The van der Waals surface area contributed by atoms with Crippen molar-refractivity contribution >= 4 is 23.2 Å². The molecule has 1 aromatic carbocycles. The number of halogens is 2. The number of fused-ring (bicyclic) bond motifs is 1. The van der Waals surface area contributed by atoms with E-state index < -0.39 is 0 Å². The van der Waals surface area contributed by atoms with E-state index in [2.05, 4.69) is 20.2 Å². The first-order chi connectivity index (χ1) is 15.2. The zero-order valence-corrected chi connectivity index (χ0v) is 17.7. The lowest BCUT2D eigenvalue weighted by molar-refractivity contribution is 0.327. The Morgan fingerprint density at radius 3 is 2.61 bits per heavy atom. The number of nitrogens with zero attached hydrogens (tertiary/aromatic N) is 5. The van der Waals surface area contributed by atoms with Crippen molar-refractivity contribution in [3.05, 3.63) is 77.1 Å². The Balaban J connectivity index is 1.43. The van der Waals surface area contributed by atoms with E-state index in [4.69, 9.17) is 16.6 Å². The molecule has 4 aromatic rings. The average molecular weight is 437 g/mol. The van der Waals surface area contributed by atoms with Gasteiger partial charge >= 0.3 is 0 Å². The van der Waals surface area contributed by atoms with E-state index in [1.165, 1.54) is 25.0 Å². The maximum atomic E-state index is 13.4. The molecule has 0 amide bonds. The van der Waals surface area contributed by atoms with E-state index >= 15 is 0 Å². The largest absolute Gasteiger partial charge is 0.349 e. The number of hydrogen-bond acceptors (Lipinski definition) is 5. The number of aromatic nitrogens is 4. The van der Waals surface area contributed by atoms with Crippen molar-refractivity contribution in [1.82, 2.24) is 24.3 Å². The van der Waals surface area contributed by atoms with Crippen molar-refractivity contribution in [3.63, 3.8) is 0 Å². The second-order valence-corrected chi connectivity index (χ2v) is 8.13. The predicted molar refractivity (Wildman–Crippen MR) is 119 cm³/mol. The van der Waals surface area contributed by atoms with Crippen LogP contribution in [0.15, 0.2) is 54.9 Å². The third-order valence-corrected chi connectivity index (χ3v) is 5.73. The van der Waals surface area contributed by atoms with Gasteiger partial charge in [0, 0.05) is 24.5 Å². The highest BCUT2D eigenvalue weighted by Crippen LogP contribution is 2.26. The lowest BCUT2D eigenvalue weighted by Crippen LogP contribution is -2.19. The van der Waals surface area contributed by atoms with Crippen molar-refractivity contribution in [3.8, 4) is 11.3 Å². The summed E-state index contributed by atoms with van der Waals surface area (Å²) < 4.78 is 15.4. The molecule has 5 rings (SSSR count). The molecule has 31 heavy (non-hydrogen) atoms. The highest BCUT2D eigenvalue weighted by molar-refractivity contribution is 6.30. The maximum Gasteiger partial charge on any atom is 0.223 e. The molecule has 0 spiro atoms. The van der Waals surface area contributed by atoms with Crippen molar-refractivity contribution in [2.45, 2.75) is 25.9 Å². The number of nitrogens with one attached hydrogen (secondary N) is 1. The van der Waals surface area contributed by atoms with E-state index in [0.717, 1.165) is 47.9 Å². The molecule has 0 saturated carbocycles. The molecule has 1 fully saturated rings. The van der Waals surface area contributed by atoms with E-state index in [1.807, 2.05) is 22.7 Å². The Morgan fingerprint density at radius 1 is 1.00 bits per heavy atom. The molecule has 8 heteroatoms. The van der Waals surface area contributed by atoms with Crippen molar-refractivity contribution < 1.29 is 4.39 Å². The van der Waals surface area contributed by atoms with Crippen molar-refractivity contribution in [2.24, 2.45) is 0 Å². The van der Waals surface area contributed by atoms with Gasteiger partial charge < -0.3 is 9.72 Å². The number of rotatable bonds is 6. The summed E-state index contributed by atoms with van der Waals surface area (Å²) in [5.74, 6) is 0.289. The highest BCUT2D eigenvalue weighted by Gasteiger charge is 2.16. The highest BCUT2D eigenvalue weighted by atomic mass is 35.5. The summed E-state index contributed by atoms with van der Waals surface area (Å²) in [5, 5.41) is 3.94. The second kappa shape index (κ2) is 8.61. The first-order valence-electron chi connectivity index (χ1n) is 10.4. The van der Waals surface area contributed by atoms with Gasteiger partial charge in [-0.3, -0.25) is 4.90 Å². The Labute approximate surface area is 184 Å². The summed E-state index contributed by atoms with van der Waals surface area (Å²) >= 11 is 6.24. The van der Waals surface area contributed by atoms with Crippen LogP contribution >= 0.6 is 11.6 Å². The monoisotopic (exact) mass is 436 g/mol. The van der Waals surface area contributed by atoms with Crippen LogP contribution in [0.5, 0.6) is 0 Å². The molecule has 158 valence electrons. The van der Waals surface area contributed by atoms with Gasteiger partial charge in [-0.05, 0) is 68.4 Å². The molecular formula is C23H22ClFN6. The minimum absolute atomic E-state index is 0.279. The number of likely N-dealkylation sites (tertiary alicyclic amines) is 1. The van der Waals surface area contributed by atoms with Crippen LogP contribution in [-0.2, 0) is 13.1 Å². The number of pyridine rings is 1. The van der Waals surface area contributed by atoms with E-state index in [9.17, 15) is 4.39 Å². The molecule has 0 atom stereocenters. The SMILES string of the molecule is Fc1ccc(-c2nc3ccc(Cl)cn3c2CNc2nccc(CN3CCCC3)n2)cc1. The molecule has 0 bridgehead atoms. The molecule has 1 aliphatic heterocycles. The molecule has 1 aliphatic rings. The van der Waals surface area contributed by atoms with Gasteiger partial charge in [-0.25, -0.2) is 19.3 Å². The fraction of sp³-hybridized carbons (Fsp3) is 0.261. The molecule has 1 N–H and O–H groups in total. The summed E-state index contributed by atoms with van der Waals surface area (Å²) in [4.78, 5) is 16.2. The maximum absolute atomic E-state index is 13.4. The molecule has 0 radical (unpaired) electrons. The molecule has 1 saturated heterocycles. The van der Waals surface area contributed by atoms with Crippen LogP contribution in [0.1, 0.15) is 24.2 Å². The zero-order chi connectivity index (χ0) is 21.2. The lowest BCUT2D eigenvalue weighted by Gasteiger charge is -2.14. The summed E-state index contributed by atoms with van der Waals surface area (Å²) in [6, 6.07) is 12.0. The molecule has 3 aromatic heterocycles. The van der Waals surface area contributed by atoms with Crippen LogP contribution in [-0.4, -0.2) is 37.3 Å². The summed E-state index contributed by atoms with van der Waals surface area (Å²) in [5.41, 5.74) is 4.27. The summed E-state index contributed by atoms with van der Waals surface area (Å²) in [6.07, 6.45) is 6.12. The minimum atomic E-state index is -0.279. The first-order valence-corrected chi connectivity index (χ1v) is 10.7. The van der Waals surface area contributed by atoms with Gasteiger partial charge in [0.25, 0.3) is 0 Å². The molecule has 0 unspecified atom stereocenters. The van der Waals surface area contributed by atoms with E-state index in [-0.39, 0.29) is 5.82 Å². The predicted octanol–water partition coefficient (Wildman–Crippen LogP) is 4.79. The fourth-order valence-electron chi connectivity index (χ4n) is 3.98. The average Bonchev–Trinajstić information content (AvgIpc) is 3.41. The Morgan fingerprint density at radius 2 is 1.81 bits per heavy atom. The number of imidazole rings is 1. The molecule has 4 heterocycles. The first kappa shape index (κ1) is 19.9. The number of hydrogen-bond donors (Lipinski definition) is 1. The smallest absolute Gasteiger partial charge is 0.223 e. The quantitative estimate of drug-likeness (QED) is 0.471. The fourth-order valence-corrected chi connectivity index (χ4v) is 4.14. The van der Waals surface area contributed by atoms with E-state index in [1.54, 1.807) is 24.4 Å². The van der Waals surface area contributed by atoms with Gasteiger partial charge in [0.15, 0.2) is 0 Å². The molecule has 0 aliphatic carbocycles. The van der Waals surface area contributed by atoms with E-state index in [0.29, 0.717) is 17.5 Å². The van der Waals surface area contributed by atoms with Crippen LogP contribution < -0.4 is 5.32 Å². The van der Waals surface area contributed by atoms with Crippen LogP contribution in [0.4, 0.5) is 10.3 Å². The Hall–Kier alpha value is -3.03. The van der Waals surface area contributed by atoms with Gasteiger partial charge in [0.1, 0.15) is 11.5 Å². The summed E-state index contributed by atoms with van der Waals surface area (Å²) in [6.45, 7) is 3.53. The topological polar surface area (TPSA) is 58.4 Å². The number of benzene rings is 1. The van der Waals surface area contributed by atoms with Gasteiger partial charge in [0.05, 0.1) is 28.6 Å². The van der Waals surface area contributed by atoms with Gasteiger partial charge in [-0.15, -0.1) is 0 Å². The molecular weight excluding hydrogens is 415 g/mol. The van der Waals surface area contributed by atoms with Crippen LogP contribution in [0, 0.1) is 5.82 Å². The van der Waals surface area contributed by atoms with Gasteiger partial charge in [-0.2, -0.15) is 0 Å². The summed E-state index contributed by atoms with van der Waals surface area (Å²) in [7, 11) is 0. The second-order valence-electron chi connectivity index (χ2n) is 7.70. The molecule has 6 nitrogen and oxygen atoms in total. The van der Waals surface area contributed by atoms with Crippen LogP contribution in [0.3, 0.4) is 0 Å². The minimum Gasteiger partial charge on any atom is -0.349 e. The van der Waals surface area contributed by atoms with Crippen LogP contribution in [0.25, 0.3) is 16.9 Å². The third-order valence-electron chi connectivity index (χ3n) is 5.51. The van der Waals surface area contributed by atoms with Gasteiger partial charge in [0.2, 0.25) is 5.95 Å². The zero-order valence-electron chi connectivity index (χ0n) is 16.9. The number of anilines is 1. The Bertz CT molecular complexity index is 1200. The Kier molecular flexibility index (Phi) is 5.53. The third kappa shape index (κ3) is 4.38. The van der Waals surface area contributed by atoms with Crippen molar-refractivity contribution in [2.75, 3.05) is 18.4 Å². The van der Waals surface area contributed by atoms with Gasteiger partial charge in [-0.1, -0.05) is 11.6 Å². The standard InChI is InChI=1S/C23H22ClFN6/c24-17-5-8-21-29-22(16-3-6-18(25)7-4-16)20(31(21)14-17)13-27-23-26-10-9-19(28-23)15-30-11-1-2-12-30/h3-10,14H,1-2,11-13,15H2,(H,26,27,28). The van der Waals surface area contributed by atoms with Crippen LogP contribution in [0.2, 0.25) is 5.02 Å².